The predicted octanol–water partition coefficient (Wildman–Crippen LogP) is 3.61. The highest BCUT2D eigenvalue weighted by molar-refractivity contribution is 6.38. The number of Topliss-reactive ketones (excluding diaryl/α,β-unsaturated/α-hetero) is 1. The molecule has 1 aliphatic heterocycles. The van der Waals surface area contributed by atoms with E-state index in [2.05, 4.69) is 20.9 Å². The van der Waals surface area contributed by atoms with Gasteiger partial charge in [0.2, 0.25) is 17.6 Å². The largest absolute Gasteiger partial charge is 0.365 e. The monoisotopic (exact) mass is 788 g/mol. The molecule has 308 valence electrons. The van der Waals surface area contributed by atoms with Crippen LogP contribution in [-0.4, -0.2) is 82.9 Å². The van der Waals surface area contributed by atoms with E-state index in [9.17, 15) is 38.9 Å². The number of guanidine groups is 1. The molecule has 0 radical (unpaired) electrons. The van der Waals surface area contributed by atoms with Crippen molar-refractivity contribution in [2.24, 2.45) is 22.6 Å². The van der Waals surface area contributed by atoms with Crippen LogP contribution in [0.15, 0.2) is 59.6 Å². The third kappa shape index (κ3) is 13.5. The summed E-state index contributed by atoms with van der Waals surface area (Å²) in [4.78, 5) is 95.1. The van der Waals surface area contributed by atoms with Gasteiger partial charge < -0.3 is 21.7 Å². The quantitative estimate of drug-likeness (QED) is 0.0197. The Labute approximate surface area is 333 Å². The summed E-state index contributed by atoms with van der Waals surface area (Å²) < 4.78 is 0. The lowest BCUT2D eigenvalue weighted by Gasteiger charge is -2.27. The number of carbonyl (C=O) groups excluding carboxylic acids is 6. The summed E-state index contributed by atoms with van der Waals surface area (Å²) in [5.41, 5.74) is 8.97. The number of carbonyl (C=O) groups is 6. The summed E-state index contributed by atoms with van der Waals surface area (Å²) in [6.07, 6.45) is 10.0. The molecule has 3 atom stereocenters. The van der Waals surface area contributed by atoms with Gasteiger partial charge in [0.15, 0.2) is 5.03 Å². The van der Waals surface area contributed by atoms with Gasteiger partial charge in [0.25, 0.3) is 23.7 Å². The minimum Gasteiger partial charge on any atom is -0.365 e. The molecule has 6 N–H and O–H groups in total. The lowest BCUT2D eigenvalue weighted by atomic mass is 9.85. The zero-order valence-corrected chi connectivity index (χ0v) is 32.7. The summed E-state index contributed by atoms with van der Waals surface area (Å²) in [6.45, 7) is 2.32. The fourth-order valence-corrected chi connectivity index (χ4v) is 7.63. The third-order valence-corrected chi connectivity index (χ3v) is 10.6. The van der Waals surface area contributed by atoms with Crippen molar-refractivity contribution in [1.82, 2.24) is 26.3 Å². The maximum absolute atomic E-state index is 14.1. The zero-order chi connectivity index (χ0) is 41.2. The van der Waals surface area contributed by atoms with E-state index in [0.717, 1.165) is 63.4 Å². The number of unbranched alkanes of at least 4 members (excludes halogenated alkanes) is 5. The van der Waals surface area contributed by atoms with Gasteiger partial charge >= 0.3 is 0 Å². The summed E-state index contributed by atoms with van der Waals surface area (Å²) in [7, 11) is 0. The molecule has 2 aromatic carbocycles. The normalized spacial score (nSPS) is 15.7. The molecule has 16 nitrogen and oxygen atoms in total. The van der Waals surface area contributed by atoms with Crippen LogP contribution in [0.4, 0.5) is 0 Å². The molecule has 57 heavy (non-hydrogen) atoms. The van der Waals surface area contributed by atoms with Gasteiger partial charge in [0.05, 0.1) is 11.1 Å². The smallest absolute Gasteiger partial charge is 0.289 e. The first-order chi connectivity index (χ1) is 27.5. The first-order valence-corrected chi connectivity index (χ1v) is 20.1. The second-order valence-electron chi connectivity index (χ2n) is 14.7. The fourth-order valence-electron chi connectivity index (χ4n) is 7.63. The Kier molecular flexibility index (Phi) is 17.6. The summed E-state index contributed by atoms with van der Waals surface area (Å²) in [5, 5.41) is 18.1. The van der Waals surface area contributed by atoms with Crippen molar-refractivity contribution < 1.29 is 33.8 Å². The Morgan fingerprint density at radius 3 is 2.05 bits per heavy atom. The van der Waals surface area contributed by atoms with E-state index in [0.29, 0.717) is 30.5 Å². The summed E-state index contributed by atoms with van der Waals surface area (Å²) in [6, 6.07) is 13.6. The summed E-state index contributed by atoms with van der Waals surface area (Å²) in [5.74, 6) is -3.57. The molecule has 1 fully saturated rings. The number of hydrogen-bond acceptors (Lipinski definition) is 9. The third-order valence-electron chi connectivity index (χ3n) is 10.6. The first kappa shape index (κ1) is 44.0. The predicted molar refractivity (Wildman–Crippen MR) is 213 cm³/mol. The van der Waals surface area contributed by atoms with Crippen LogP contribution >= 0.6 is 0 Å². The molecule has 0 saturated heterocycles. The molecule has 2 aromatic rings. The van der Waals surface area contributed by atoms with Crippen molar-refractivity contribution in [3.05, 3.63) is 81.4 Å². The van der Waals surface area contributed by atoms with Gasteiger partial charge in [0.1, 0.15) is 12.1 Å². The molecule has 0 unspecified atom stereocenters. The molecule has 1 saturated carbocycles. The van der Waals surface area contributed by atoms with Crippen molar-refractivity contribution in [1.29, 1.82) is 0 Å². The second-order valence-corrected chi connectivity index (χ2v) is 14.7. The van der Waals surface area contributed by atoms with Crippen LogP contribution < -0.4 is 27.1 Å². The van der Waals surface area contributed by atoms with Crippen molar-refractivity contribution >= 4 is 41.3 Å². The van der Waals surface area contributed by atoms with E-state index < -0.39 is 40.7 Å². The lowest BCUT2D eigenvalue weighted by molar-refractivity contribution is -0.525. The molecule has 16 heteroatoms. The van der Waals surface area contributed by atoms with Crippen molar-refractivity contribution in [3.63, 3.8) is 0 Å². The van der Waals surface area contributed by atoms with Gasteiger partial charge in [0, 0.05) is 32.0 Å². The maximum atomic E-state index is 14.1. The van der Waals surface area contributed by atoms with Crippen LogP contribution in [0.3, 0.4) is 0 Å². The number of ketones is 1. The van der Waals surface area contributed by atoms with E-state index in [4.69, 9.17) is 5.73 Å². The average molecular weight is 789 g/mol. The van der Waals surface area contributed by atoms with Crippen molar-refractivity contribution in [2.45, 2.75) is 109 Å². The number of imide groups is 1. The van der Waals surface area contributed by atoms with Crippen molar-refractivity contribution in [2.75, 3.05) is 19.6 Å². The number of fused-ring (bicyclic) bond motifs is 1. The van der Waals surface area contributed by atoms with E-state index in [1.807, 2.05) is 6.07 Å². The van der Waals surface area contributed by atoms with Crippen LogP contribution in [0.25, 0.3) is 0 Å². The number of nitrogens with two attached hydrogens (primary N) is 1. The van der Waals surface area contributed by atoms with Gasteiger partial charge in [-0.3, -0.25) is 33.7 Å². The highest BCUT2D eigenvalue weighted by Crippen LogP contribution is 2.34. The van der Waals surface area contributed by atoms with Crippen LogP contribution in [0.1, 0.15) is 117 Å². The number of hydrogen-bond donors (Lipinski definition) is 5. The molecule has 0 spiro atoms. The molecular weight excluding hydrogens is 732 g/mol. The number of rotatable bonds is 24. The number of nitrogens with one attached hydrogen (secondary N) is 4. The van der Waals surface area contributed by atoms with Crippen molar-refractivity contribution in [3.8, 4) is 0 Å². The Morgan fingerprint density at radius 2 is 1.42 bits per heavy atom. The van der Waals surface area contributed by atoms with Gasteiger partial charge in [-0.15, -0.1) is 0 Å². The molecule has 4 rings (SSSR count). The fraction of sp³-hybridized carbons (Fsp3) is 0.537. The van der Waals surface area contributed by atoms with E-state index in [1.54, 1.807) is 60.9 Å². The van der Waals surface area contributed by atoms with Gasteiger partial charge in [-0.1, -0.05) is 92.8 Å². The lowest BCUT2D eigenvalue weighted by Crippen LogP contribution is -2.55. The van der Waals surface area contributed by atoms with Crippen LogP contribution in [0, 0.1) is 22.0 Å². The zero-order valence-electron chi connectivity index (χ0n) is 32.7. The average Bonchev–Trinajstić information content (AvgIpc) is 3.81. The van der Waals surface area contributed by atoms with E-state index in [1.165, 1.54) is 4.90 Å². The number of nitrogens with zero attached hydrogens (tertiary/aromatic N) is 3. The summed E-state index contributed by atoms with van der Waals surface area (Å²) >= 11 is 0. The topological polar surface area (TPSA) is 235 Å². The Balaban J connectivity index is 1.35. The minimum atomic E-state index is -1.19. The van der Waals surface area contributed by atoms with Crippen LogP contribution in [-0.2, 0) is 25.6 Å². The SMILES string of the molecule is CCNC(=O)C(=O)[C@H](Cc1ccccc1)NC(=O)[C@H](CCCN=C(N)N[N+](=O)[O-])NC(=O)[C@H](CCCCCCCCN1C(=O)c2ccccc2C1=O)C1CCCC1. The Morgan fingerprint density at radius 1 is 0.825 bits per heavy atom. The van der Waals surface area contributed by atoms with Crippen LogP contribution in [0.2, 0.25) is 0 Å². The Hall–Kier alpha value is -5.67. The first-order valence-electron chi connectivity index (χ1n) is 20.1. The number of hydrazine groups is 1. The maximum Gasteiger partial charge on any atom is 0.289 e. The molecule has 1 heterocycles. The van der Waals surface area contributed by atoms with Gasteiger partial charge in [-0.25, -0.2) is 15.1 Å². The van der Waals surface area contributed by atoms with Gasteiger partial charge in [-0.2, -0.15) is 0 Å². The van der Waals surface area contributed by atoms with Gasteiger partial charge in [-0.05, 0) is 69.1 Å². The number of nitro groups is 1. The number of likely N-dealkylation sites (N-methyl/N-ethyl adjacent to an activating group) is 1. The molecule has 5 amide bonds. The van der Waals surface area contributed by atoms with E-state index >= 15 is 0 Å². The highest BCUT2D eigenvalue weighted by atomic mass is 16.7. The van der Waals surface area contributed by atoms with E-state index in [-0.39, 0.29) is 61.9 Å². The van der Waals surface area contributed by atoms with Crippen LogP contribution in [0.5, 0.6) is 0 Å². The molecule has 0 bridgehead atoms. The molecule has 1 aliphatic carbocycles. The Bertz CT molecular complexity index is 1710. The number of aliphatic imine (C=N–C) groups is 1. The minimum absolute atomic E-state index is 0.0297. The highest BCUT2D eigenvalue weighted by Gasteiger charge is 2.36. The number of amides is 5. The standard InChI is InChI=1S/C41H56N8O8/c1-2-43-38(53)35(50)34(27-28-17-8-7-9-18-28)46-37(52)33(24-16-25-44-41(42)47-49(56)57)45-36(51)30(29-19-11-12-20-29)21-10-5-3-4-6-15-26-48-39(54)31-22-13-14-23-32(31)40(48)55/h7-9,13-14,17-18,22-23,29-30,33-34H,2-6,10-12,15-16,19-21,24-27H2,1H3,(H,43,53)(H,45,51)(H,46,52)(H3,42,44,47)/t30-,33+,34+/m1/s1. The number of benzene rings is 2. The molecule has 0 aromatic heterocycles. The molecular formula is C41H56N8O8. The second kappa shape index (κ2) is 22.8. The molecule has 2 aliphatic rings.